The lowest BCUT2D eigenvalue weighted by molar-refractivity contribution is -0.385. The molecule has 7 nitrogen and oxygen atoms in total. The van der Waals surface area contributed by atoms with Crippen LogP contribution in [0, 0.1) is 15.9 Å². The zero-order valence-corrected chi connectivity index (χ0v) is 9.55. The molecule has 1 saturated carbocycles. The second kappa shape index (κ2) is 4.30. The number of carbonyl (C=O) groups excluding carboxylic acids is 1. The van der Waals surface area contributed by atoms with Crippen LogP contribution in [-0.2, 0) is 4.79 Å². The van der Waals surface area contributed by atoms with Crippen LogP contribution in [0.4, 0.5) is 10.1 Å². The SMILES string of the molecule is O=C(NC1(C(=O)O)CC1)c1ccc(F)cc1[N+](=O)[O-]. The third-order valence-corrected chi connectivity index (χ3v) is 2.91. The molecule has 2 N–H and O–H groups in total. The van der Waals surface area contributed by atoms with Crippen molar-refractivity contribution in [3.63, 3.8) is 0 Å². The quantitative estimate of drug-likeness (QED) is 0.627. The Bertz CT molecular complexity index is 582. The molecule has 0 atom stereocenters. The molecule has 1 aromatic carbocycles. The third kappa shape index (κ3) is 2.37. The smallest absolute Gasteiger partial charge is 0.329 e. The van der Waals surface area contributed by atoms with Crippen molar-refractivity contribution in [3.8, 4) is 0 Å². The van der Waals surface area contributed by atoms with Crippen LogP contribution in [-0.4, -0.2) is 27.4 Å². The molecular weight excluding hydrogens is 259 g/mol. The summed E-state index contributed by atoms with van der Waals surface area (Å²) < 4.78 is 12.9. The molecule has 1 amide bonds. The number of carboxylic acids is 1. The number of carbonyl (C=O) groups is 2. The van der Waals surface area contributed by atoms with Gasteiger partial charge < -0.3 is 10.4 Å². The van der Waals surface area contributed by atoms with Gasteiger partial charge >= 0.3 is 5.97 Å². The number of carboxylic acid groups (broad SMARTS) is 1. The highest BCUT2D eigenvalue weighted by atomic mass is 19.1. The molecule has 2 rings (SSSR count). The average Bonchev–Trinajstić information content (AvgIpc) is 3.09. The minimum absolute atomic E-state index is 0.267. The van der Waals surface area contributed by atoms with Gasteiger partial charge in [-0.05, 0) is 25.0 Å². The summed E-state index contributed by atoms with van der Waals surface area (Å²) in [6, 6.07) is 2.48. The normalized spacial score (nSPS) is 15.6. The fourth-order valence-electron chi connectivity index (χ4n) is 1.65. The summed E-state index contributed by atoms with van der Waals surface area (Å²) in [7, 11) is 0. The van der Waals surface area contributed by atoms with Gasteiger partial charge in [0.25, 0.3) is 11.6 Å². The summed E-state index contributed by atoms with van der Waals surface area (Å²) in [4.78, 5) is 32.6. The molecule has 0 spiro atoms. The summed E-state index contributed by atoms with van der Waals surface area (Å²) in [5.74, 6) is -2.93. The number of nitrogens with one attached hydrogen (secondary N) is 1. The number of benzene rings is 1. The van der Waals surface area contributed by atoms with E-state index in [4.69, 9.17) is 5.11 Å². The van der Waals surface area contributed by atoms with Gasteiger partial charge in [-0.2, -0.15) is 0 Å². The molecule has 0 radical (unpaired) electrons. The van der Waals surface area contributed by atoms with Crippen molar-refractivity contribution in [2.75, 3.05) is 0 Å². The van der Waals surface area contributed by atoms with Gasteiger partial charge in [0.2, 0.25) is 0 Å². The van der Waals surface area contributed by atoms with Gasteiger partial charge in [0.05, 0.1) is 11.0 Å². The minimum Gasteiger partial charge on any atom is -0.480 e. The first-order valence-electron chi connectivity index (χ1n) is 5.35. The lowest BCUT2D eigenvalue weighted by Gasteiger charge is -2.12. The minimum atomic E-state index is -1.35. The first-order chi connectivity index (χ1) is 8.85. The molecule has 1 fully saturated rings. The summed E-state index contributed by atoms with van der Waals surface area (Å²) in [5, 5.41) is 21.9. The maximum absolute atomic E-state index is 12.9. The van der Waals surface area contributed by atoms with E-state index in [1.807, 2.05) is 0 Å². The van der Waals surface area contributed by atoms with Crippen LogP contribution >= 0.6 is 0 Å². The first-order valence-corrected chi connectivity index (χ1v) is 5.35. The van der Waals surface area contributed by atoms with Crippen LogP contribution in [0.25, 0.3) is 0 Å². The van der Waals surface area contributed by atoms with Crippen LogP contribution in [0.2, 0.25) is 0 Å². The van der Waals surface area contributed by atoms with E-state index in [9.17, 15) is 24.1 Å². The van der Waals surface area contributed by atoms with E-state index in [2.05, 4.69) is 5.32 Å². The number of nitro groups is 1. The van der Waals surface area contributed by atoms with Crippen LogP contribution in [0.5, 0.6) is 0 Å². The number of aliphatic carboxylic acids is 1. The predicted molar refractivity (Wildman–Crippen MR) is 60.1 cm³/mol. The predicted octanol–water partition coefficient (Wildman–Crippen LogP) is 1.08. The van der Waals surface area contributed by atoms with Crippen LogP contribution in [0.1, 0.15) is 23.2 Å². The first kappa shape index (κ1) is 12.9. The van der Waals surface area contributed by atoms with Crippen LogP contribution in [0.3, 0.4) is 0 Å². The highest BCUT2D eigenvalue weighted by Crippen LogP contribution is 2.36. The van der Waals surface area contributed by atoms with Crippen LogP contribution in [0.15, 0.2) is 18.2 Å². The molecule has 8 heteroatoms. The standard InChI is InChI=1S/C11H9FN2O5/c12-6-1-2-7(8(5-6)14(18)19)9(15)13-11(3-4-11)10(16)17/h1-2,5H,3-4H2,(H,13,15)(H,16,17). The van der Waals surface area contributed by atoms with Gasteiger partial charge in [0.1, 0.15) is 16.9 Å². The third-order valence-electron chi connectivity index (χ3n) is 2.91. The molecule has 0 saturated heterocycles. The Labute approximate surface area is 106 Å². The Morgan fingerprint density at radius 3 is 2.53 bits per heavy atom. The molecule has 19 heavy (non-hydrogen) atoms. The van der Waals surface area contributed by atoms with Crippen molar-refractivity contribution in [2.45, 2.75) is 18.4 Å². The lowest BCUT2D eigenvalue weighted by Crippen LogP contribution is -2.43. The molecule has 0 aliphatic heterocycles. The van der Waals surface area contributed by atoms with E-state index in [-0.39, 0.29) is 18.4 Å². The second-order valence-electron chi connectivity index (χ2n) is 4.26. The van der Waals surface area contributed by atoms with Crippen molar-refractivity contribution < 1.29 is 24.0 Å². The van der Waals surface area contributed by atoms with Crippen molar-refractivity contribution >= 4 is 17.6 Å². The number of hydrogen-bond donors (Lipinski definition) is 2. The van der Waals surface area contributed by atoms with E-state index in [0.29, 0.717) is 6.07 Å². The Balaban J connectivity index is 2.29. The summed E-state index contributed by atoms with van der Waals surface area (Å²) in [6.45, 7) is 0. The maximum atomic E-state index is 12.9. The Morgan fingerprint density at radius 2 is 2.05 bits per heavy atom. The zero-order chi connectivity index (χ0) is 14.2. The number of nitro benzene ring substituents is 1. The molecule has 100 valence electrons. The van der Waals surface area contributed by atoms with Gasteiger partial charge in [-0.25, -0.2) is 9.18 Å². The Hall–Kier alpha value is -2.51. The van der Waals surface area contributed by atoms with Gasteiger partial charge in [0.15, 0.2) is 0 Å². The molecule has 1 aliphatic carbocycles. The number of rotatable bonds is 4. The number of hydrogen-bond acceptors (Lipinski definition) is 4. The van der Waals surface area contributed by atoms with Crippen molar-refractivity contribution in [1.29, 1.82) is 0 Å². The zero-order valence-electron chi connectivity index (χ0n) is 9.55. The summed E-state index contributed by atoms with van der Waals surface area (Å²) >= 11 is 0. The summed E-state index contributed by atoms with van der Waals surface area (Å²) in [5.41, 5.74) is -2.41. The Kier molecular flexibility index (Phi) is 2.93. The topological polar surface area (TPSA) is 110 Å². The maximum Gasteiger partial charge on any atom is 0.329 e. The average molecular weight is 268 g/mol. The highest BCUT2D eigenvalue weighted by molar-refractivity contribution is 6.01. The number of halogens is 1. The van der Waals surface area contributed by atoms with Gasteiger partial charge in [-0.3, -0.25) is 14.9 Å². The lowest BCUT2D eigenvalue weighted by atomic mass is 10.1. The van der Waals surface area contributed by atoms with Crippen molar-refractivity contribution in [1.82, 2.24) is 5.32 Å². The van der Waals surface area contributed by atoms with Crippen LogP contribution < -0.4 is 5.32 Å². The van der Waals surface area contributed by atoms with Crippen molar-refractivity contribution in [3.05, 3.63) is 39.7 Å². The molecule has 0 aromatic heterocycles. The van der Waals surface area contributed by atoms with E-state index in [0.717, 1.165) is 12.1 Å². The molecule has 1 aromatic rings. The van der Waals surface area contributed by atoms with E-state index < -0.39 is 33.8 Å². The monoisotopic (exact) mass is 268 g/mol. The van der Waals surface area contributed by atoms with Gasteiger partial charge in [-0.15, -0.1) is 0 Å². The molecule has 0 bridgehead atoms. The largest absolute Gasteiger partial charge is 0.480 e. The molecule has 1 aliphatic rings. The fraction of sp³-hybridized carbons (Fsp3) is 0.273. The Morgan fingerprint density at radius 1 is 1.42 bits per heavy atom. The number of amides is 1. The molecule has 0 heterocycles. The van der Waals surface area contributed by atoms with Gasteiger partial charge in [0, 0.05) is 0 Å². The summed E-state index contributed by atoms with van der Waals surface area (Å²) in [6.07, 6.45) is 0.534. The second-order valence-corrected chi connectivity index (χ2v) is 4.26. The highest BCUT2D eigenvalue weighted by Gasteiger charge is 2.52. The molecular formula is C11H9FN2O5. The van der Waals surface area contributed by atoms with E-state index >= 15 is 0 Å². The number of nitrogens with zero attached hydrogens (tertiary/aromatic N) is 1. The van der Waals surface area contributed by atoms with Gasteiger partial charge in [-0.1, -0.05) is 0 Å². The molecule has 0 unspecified atom stereocenters. The van der Waals surface area contributed by atoms with E-state index in [1.54, 1.807) is 0 Å². The fourth-order valence-corrected chi connectivity index (χ4v) is 1.65. The van der Waals surface area contributed by atoms with E-state index in [1.165, 1.54) is 0 Å². The van der Waals surface area contributed by atoms with Crippen molar-refractivity contribution in [2.24, 2.45) is 0 Å².